The van der Waals surface area contributed by atoms with Gasteiger partial charge in [0.1, 0.15) is 6.29 Å². The van der Waals surface area contributed by atoms with Crippen molar-refractivity contribution in [3.63, 3.8) is 0 Å². The minimum Gasteiger partial charge on any atom is -0.657 e. The van der Waals surface area contributed by atoms with Gasteiger partial charge in [0.2, 0.25) is 0 Å². The predicted octanol–water partition coefficient (Wildman–Crippen LogP) is 10.0. The van der Waals surface area contributed by atoms with Crippen molar-refractivity contribution in [1.82, 2.24) is 19.9 Å². The van der Waals surface area contributed by atoms with Gasteiger partial charge in [-0.05, 0) is 90.1 Å². The van der Waals surface area contributed by atoms with Crippen LogP contribution in [-0.4, -0.2) is 16.3 Å². The van der Waals surface area contributed by atoms with E-state index in [1.165, 1.54) is 22.8 Å². The van der Waals surface area contributed by atoms with Gasteiger partial charge in [-0.25, -0.2) is 9.97 Å². The molecular weight excluding hydrogens is 659 g/mol. The molecule has 2 aliphatic rings. The topological polar surface area (TPSA) is 71.1 Å². The van der Waals surface area contributed by atoms with E-state index in [-0.39, 0.29) is 16.5 Å². The molecule has 3 aromatic carbocycles. The van der Waals surface area contributed by atoms with Crippen molar-refractivity contribution in [3.05, 3.63) is 148 Å². The average Bonchev–Trinajstić information content (AvgIpc) is 3.94. The van der Waals surface area contributed by atoms with E-state index < -0.39 is 0 Å². The molecule has 0 amide bonds. The van der Waals surface area contributed by atoms with Crippen LogP contribution in [0.3, 0.4) is 0 Å². The van der Waals surface area contributed by atoms with Gasteiger partial charge in [0.15, 0.2) is 0 Å². The van der Waals surface area contributed by atoms with Crippen molar-refractivity contribution >= 4 is 58.7 Å². The van der Waals surface area contributed by atoms with Gasteiger partial charge in [0, 0.05) is 0 Å². The molecular formula is C44H32N4NiO. The molecule has 0 N–H and O–H groups in total. The Balaban J connectivity index is 0.00000392. The van der Waals surface area contributed by atoms with E-state index >= 15 is 0 Å². The van der Waals surface area contributed by atoms with Crippen LogP contribution in [0.2, 0.25) is 0 Å². The Bertz CT molecular complexity index is 2470. The molecule has 0 unspecified atom stereocenters. The van der Waals surface area contributed by atoms with E-state index in [4.69, 9.17) is 19.9 Å². The molecule has 244 valence electrons. The first-order valence-electron chi connectivity index (χ1n) is 16.3. The summed E-state index contributed by atoms with van der Waals surface area (Å²) in [5, 5.41) is 0. The standard InChI is InChI=1S/C44H33N4O.Ni/c1-27-6-12-30(13-7-27)42-36-20-18-34(45-36)33(5-4-26-49)35-19-21-37(46-35)43(31-14-8-28(2)9-15-31)39-23-25-41(48-39)44(40-24-22-38(42)47-40)32-16-10-29(3)11-17-32;/h4-26H,1-3H3,(H-,45,46,47,48,49);/q-1;+2/p-1. The van der Waals surface area contributed by atoms with Crippen molar-refractivity contribution in [3.8, 4) is 33.4 Å². The maximum Gasteiger partial charge on any atom is 2.00 e. The number of carbonyl (C=O) groups excluding carboxylic acids is 1. The molecule has 0 radical (unpaired) electrons. The largest absolute Gasteiger partial charge is 2.00 e. The summed E-state index contributed by atoms with van der Waals surface area (Å²) in [6.07, 6.45) is 12.2. The number of benzene rings is 3. The predicted molar refractivity (Wildman–Crippen MR) is 202 cm³/mol. The minimum atomic E-state index is 0. The van der Waals surface area contributed by atoms with E-state index in [0.29, 0.717) is 0 Å². The third kappa shape index (κ3) is 6.11. The summed E-state index contributed by atoms with van der Waals surface area (Å²) in [5.74, 6) is 0. The number of aldehydes is 1. The summed E-state index contributed by atoms with van der Waals surface area (Å²) in [5.41, 5.74) is 16.5. The van der Waals surface area contributed by atoms with Gasteiger partial charge in [0.05, 0.1) is 22.8 Å². The second kappa shape index (κ2) is 13.6. The third-order valence-corrected chi connectivity index (χ3v) is 9.01. The van der Waals surface area contributed by atoms with E-state index in [9.17, 15) is 4.79 Å². The molecule has 0 saturated carbocycles. The molecule has 6 aromatic rings. The van der Waals surface area contributed by atoms with Crippen molar-refractivity contribution < 1.29 is 21.3 Å². The Morgan fingerprint density at radius 2 is 0.800 bits per heavy atom. The molecule has 5 nitrogen and oxygen atoms in total. The number of hydrogen-bond donors (Lipinski definition) is 0. The molecule has 8 rings (SSSR count). The molecule has 0 saturated heterocycles. The first kappa shape index (κ1) is 32.7. The molecule has 0 aliphatic carbocycles. The van der Waals surface area contributed by atoms with E-state index in [0.717, 1.165) is 90.1 Å². The number of carbonyl (C=O) groups is 1. The second-order valence-electron chi connectivity index (χ2n) is 12.5. The van der Waals surface area contributed by atoms with Gasteiger partial charge < -0.3 is 9.97 Å². The molecule has 50 heavy (non-hydrogen) atoms. The van der Waals surface area contributed by atoms with Crippen molar-refractivity contribution in [2.45, 2.75) is 20.8 Å². The van der Waals surface area contributed by atoms with Crippen molar-refractivity contribution in [2.75, 3.05) is 0 Å². The van der Waals surface area contributed by atoms with Gasteiger partial charge in [-0.3, -0.25) is 4.79 Å². The Hall–Kier alpha value is -5.84. The van der Waals surface area contributed by atoms with Gasteiger partial charge in [0.25, 0.3) is 0 Å². The van der Waals surface area contributed by atoms with Crippen LogP contribution in [-0.2, 0) is 21.3 Å². The molecule has 6 heteroatoms. The van der Waals surface area contributed by atoms with Crippen LogP contribution in [0.4, 0.5) is 0 Å². The van der Waals surface area contributed by atoms with Gasteiger partial charge >= 0.3 is 16.5 Å². The Kier molecular flexibility index (Phi) is 8.88. The van der Waals surface area contributed by atoms with Crippen LogP contribution in [0, 0.1) is 20.8 Å². The number of fused-ring (bicyclic) bond motifs is 8. The Labute approximate surface area is 301 Å². The third-order valence-electron chi connectivity index (χ3n) is 9.01. The maximum absolute atomic E-state index is 11.5. The van der Waals surface area contributed by atoms with Crippen LogP contribution in [0.25, 0.3) is 85.8 Å². The van der Waals surface area contributed by atoms with Crippen LogP contribution in [0.1, 0.15) is 45.0 Å². The van der Waals surface area contributed by atoms with Gasteiger partial charge in [-0.2, -0.15) is 0 Å². The summed E-state index contributed by atoms with van der Waals surface area (Å²) in [7, 11) is 0. The fourth-order valence-electron chi connectivity index (χ4n) is 6.46. The SMILES string of the molecule is Cc1ccc(-c2c3nc(c(-c4ccc(C)cc4)c4ccc([n-]4)c(-c4ccc(C)cc4)c4nc(c(/C=C/C=O)c5ccc2[n-]5)C=C4)C=C3)cc1.[Ni+2]. The summed E-state index contributed by atoms with van der Waals surface area (Å²) >= 11 is 0. The first-order valence-corrected chi connectivity index (χ1v) is 16.3. The van der Waals surface area contributed by atoms with E-state index in [2.05, 4.69) is 118 Å². The first-order chi connectivity index (χ1) is 23.9. The Morgan fingerprint density at radius 3 is 1.20 bits per heavy atom. The molecule has 0 atom stereocenters. The maximum atomic E-state index is 11.5. The molecule has 0 fully saturated rings. The smallest absolute Gasteiger partial charge is 0.657 e. The normalized spacial score (nSPS) is 12.0. The minimum absolute atomic E-state index is 0. The van der Waals surface area contributed by atoms with Crippen LogP contribution in [0.15, 0.2) is 103 Å². The average molecular weight is 691 g/mol. The van der Waals surface area contributed by atoms with Crippen LogP contribution >= 0.6 is 0 Å². The quantitative estimate of drug-likeness (QED) is 0.102. The van der Waals surface area contributed by atoms with Crippen molar-refractivity contribution in [2.24, 2.45) is 0 Å². The van der Waals surface area contributed by atoms with Gasteiger partial charge in [-0.15, -0.1) is 22.1 Å². The zero-order chi connectivity index (χ0) is 33.5. The second-order valence-corrected chi connectivity index (χ2v) is 12.5. The van der Waals surface area contributed by atoms with Crippen LogP contribution < -0.4 is 9.97 Å². The zero-order valence-corrected chi connectivity index (χ0v) is 28.8. The summed E-state index contributed by atoms with van der Waals surface area (Å²) < 4.78 is 0. The number of allylic oxidation sites excluding steroid dienone is 1. The number of aryl methyl sites for hydroxylation is 3. The number of rotatable bonds is 5. The number of nitrogens with zero attached hydrogens (tertiary/aromatic N) is 4. The fraction of sp³-hybridized carbons (Fsp3) is 0.0682. The monoisotopic (exact) mass is 690 g/mol. The van der Waals surface area contributed by atoms with Gasteiger partial charge in [-0.1, -0.05) is 120 Å². The summed E-state index contributed by atoms with van der Waals surface area (Å²) in [6, 6.07) is 33.6. The van der Waals surface area contributed by atoms with E-state index in [1.807, 2.05) is 24.3 Å². The Morgan fingerprint density at radius 1 is 0.460 bits per heavy atom. The number of aromatic nitrogens is 4. The van der Waals surface area contributed by atoms with E-state index in [1.54, 1.807) is 6.08 Å². The molecule has 2 aliphatic heterocycles. The van der Waals surface area contributed by atoms with Crippen LogP contribution in [0.5, 0.6) is 0 Å². The summed E-state index contributed by atoms with van der Waals surface area (Å²) in [6.45, 7) is 6.26. The molecule has 0 spiro atoms. The zero-order valence-electron chi connectivity index (χ0n) is 27.8. The number of hydrogen-bond acceptors (Lipinski definition) is 3. The molecule has 3 aromatic heterocycles. The molecule has 5 heterocycles. The molecule has 8 bridgehead atoms. The fourth-order valence-corrected chi connectivity index (χ4v) is 6.46. The van der Waals surface area contributed by atoms with Crippen molar-refractivity contribution in [1.29, 1.82) is 0 Å². The summed E-state index contributed by atoms with van der Waals surface area (Å²) in [4.78, 5) is 32.5.